The van der Waals surface area contributed by atoms with Gasteiger partial charge in [-0.25, -0.2) is 0 Å². The highest BCUT2D eigenvalue weighted by molar-refractivity contribution is 14.0. The van der Waals surface area contributed by atoms with Crippen molar-refractivity contribution < 1.29 is 0 Å². The Labute approximate surface area is 204 Å². The number of thioether (sulfide) groups is 1. The third-order valence-electron chi connectivity index (χ3n) is 6.21. The van der Waals surface area contributed by atoms with E-state index in [2.05, 4.69) is 62.9 Å². The summed E-state index contributed by atoms with van der Waals surface area (Å²) in [5.41, 5.74) is 2.72. The molecule has 5 nitrogen and oxygen atoms in total. The van der Waals surface area contributed by atoms with E-state index in [1.165, 1.54) is 63.0 Å². The van der Waals surface area contributed by atoms with Crippen LogP contribution in [0.15, 0.2) is 29.3 Å². The van der Waals surface area contributed by atoms with Crippen molar-refractivity contribution in [1.82, 2.24) is 15.5 Å². The normalized spacial score (nSPS) is 22.6. The molecule has 3 rings (SSSR count). The molecule has 2 unspecified atom stereocenters. The van der Waals surface area contributed by atoms with Crippen molar-refractivity contribution in [2.45, 2.75) is 50.3 Å². The van der Waals surface area contributed by atoms with E-state index in [4.69, 9.17) is 0 Å². The van der Waals surface area contributed by atoms with E-state index >= 15 is 0 Å². The number of nitrogens with one attached hydrogen (secondary N) is 2. The summed E-state index contributed by atoms with van der Waals surface area (Å²) >= 11 is 2.00. The first kappa shape index (κ1) is 25.6. The molecular weight excluding hydrogens is 505 g/mol. The lowest BCUT2D eigenvalue weighted by atomic mass is 10.2. The van der Waals surface area contributed by atoms with Crippen molar-refractivity contribution in [3.63, 3.8) is 0 Å². The van der Waals surface area contributed by atoms with Crippen molar-refractivity contribution in [3.8, 4) is 0 Å². The molecule has 2 fully saturated rings. The Kier molecular flexibility index (Phi) is 11.7. The van der Waals surface area contributed by atoms with E-state index in [1.54, 1.807) is 0 Å². The van der Waals surface area contributed by atoms with Gasteiger partial charge in [0.1, 0.15) is 0 Å². The first-order valence-corrected chi connectivity index (χ1v) is 12.5. The van der Waals surface area contributed by atoms with Gasteiger partial charge in [0.15, 0.2) is 5.96 Å². The number of guanidine groups is 1. The molecule has 1 aromatic carbocycles. The molecule has 2 atom stereocenters. The van der Waals surface area contributed by atoms with Crippen LogP contribution >= 0.6 is 35.7 Å². The topological polar surface area (TPSA) is 42.9 Å². The van der Waals surface area contributed by atoms with Crippen molar-refractivity contribution in [1.29, 1.82) is 0 Å². The van der Waals surface area contributed by atoms with Crippen molar-refractivity contribution in [2.75, 3.05) is 57.5 Å². The molecule has 0 spiro atoms. The number of unbranched alkanes of at least 4 members (excludes halogenated alkanes) is 1. The van der Waals surface area contributed by atoms with Gasteiger partial charge in [-0.3, -0.25) is 9.89 Å². The first-order chi connectivity index (χ1) is 14.2. The van der Waals surface area contributed by atoms with Gasteiger partial charge in [0, 0.05) is 56.8 Å². The maximum atomic E-state index is 4.40. The van der Waals surface area contributed by atoms with Crippen LogP contribution in [0.25, 0.3) is 0 Å². The number of aliphatic imine (C=N–C) groups is 1. The van der Waals surface area contributed by atoms with Gasteiger partial charge in [0.2, 0.25) is 0 Å². The van der Waals surface area contributed by atoms with Gasteiger partial charge in [-0.1, -0.05) is 12.1 Å². The largest absolute Gasteiger partial charge is 0.369 e. The second-order valence-corrected chi connectivity index (χ2v) is 9.52. The van der Waals surface area contributed by atoms with Gasteiger partial charge >= 0.3 is 0 Å². The molecule has 1 aromatic rings. The molecule has 1 aliphatic heterocycles. The molecule has 2 N–H and O–H groups in total. The highest BCUT2D eigenvalue weighted by Gasteiger charge is 2.24. The molecule has 0 aromatic heterocycles. The van der Waals surface area contributed by atoms with Crippen LogP contribution < -0.4 is 15.5 Å². The Morgan fingerprint density at radius 2 is 1.97 bits per heavy atom. The summed E-state index contributed by atoms with van der Waals surface area (Å²) in [6.07, 6.45) is 8.51. The summed E-state index contributed by atoms with van der Waals surface area (Å²) in [6.45, 7) is 8.99. The Morgan fingerprint density at radius 3 is 2.63 bits per heavy atom. The SMILES string of the molecule is CN=C(NCCCCN1CCN(c2cccc(C)c2)CC1)NC1CCC(SC)C1.I. The number of piperazine rings is 1. The fourth-order valence-electron chi connectivity index (χ4n) is 4.39. The Hall–Kier alpha value is -0.670. The Morgan fingerprint density at radius 1 is 1.17 bits per heavy atom. The van der Waals surface area contributed by atoms with Gasteiger partial charge in [0.25, 0.3) is 0 Å². The summed E-state index contributed by atoms with van der Waals surface area (Å²) < 4.78 is 0. The molecule has 1 saturated heterocycles. The van der Waals surface area contributed by atoms with Crippen LogP contribution in [0.4, 0.5) is 5.69 Å². The first-order valence-electron chi connectivity index (χ1n) is 11.2. The lowest BCUT2D eigenvalue weighted by Crippen LogP contribution is -2.46. The molecule has 1 aliphatic carbocycles. The smallest absolute Gasteiger partial charge is 0.191 e. The highest BCUT2D eigenvalue weighted by atomic mass is 127. The summed E-state index contributed by atoms with van der Waals surface area (Å²) in [6, 6.07) is 9.47. The van der Waals surface area contributed by atoms with Gasteiger partial charge in [-0.05, 0) is 69.5 Å². The number of rotatable bonds is 8. The van der Waals surface area contributed by atoms with Crippen LogP contribution in [0.1, 0.15) is 37.7 Å². The summed E-state index contributed by atoms with van der Waals surface area (Å²) in [7, 11) is 1.88. The zero-order valence-electron chi connectivity index (χ0n) is 18.9. The molecule has 30 heavy (non-hydrogen) atoms. The summed E-state index contributed by atoms with van der Waals surface area (Å²) in [5.74, 6) is 0.975. The minimum absolute atomic E-state index is 0. The lowest BCUT2D eigenvalue weighted by Gasteiger charge is -2.36. The number of nitrogens with zero attached hydrogens (tertiary/aromatic N) is 3. The quantitative estimate of drug-likeness (QED) is 0.224. The number of aryl methyl sites for hydroxylation is 1. The minimum atomic E-state index is 0. The maximum absolute atomic E-state index is 4.40. The van der Waals surface area contributed by atoms with E-state index in [1.807, 2.05) is 18.8 Å². The van der Waals surface area contributed by atoms with E-state index < -0.39 is 0 Å². The Bertz CT molecular complexity index is 648. The van der Waals surface area contributed by atoms with Gasteiger partial charge < -0.3 is 15.5 Å². The van der Waals surface area contributed by atoms with Crippen LogP contribution in [-0.4, -0.2) is 74.7 Å². The third kappa shape index (κ3) is 8.11. The predicted octanol–water partition coefficient (Wildman–Crippen LogP) is 3.96. The number of hydrogen-bond donors (Lipinski definition) is 2. The Balaban J connectivity index is 0.00000320. The minimum Gasteiger partial charge on any atom is -0.369 e. The molecule has 1 heterocycles. The average Bonchev–Trinajstić information content (AvgIpc) is 3.21. The van der Waals surface area contributed by atoms with Crippen molar-refractivity contribution in [2.24, 2.45) is 4.99 Å². The van der Waals surface area contributed by atoms with Crippen LogP contribution in [0, 0.1) is 6.92 Å². The lowest BCUT2D eigenvalue weighted by molar-refractivity contribution is 0.253. The van der Waals surface area contributed by atoms with E-state index in [0.29, 0.717) is 6.04 Å². The predicted molar refractivity (Wildman–Crippen MR) is 144 cm³/mol. The van der Waals surface area contributed by atoms with Crippen LogP contribution in [0.2, 0.25) is 0 Å². The maximum Gasteiger partial charge on any atom is 0.191 e. The van der Waals surface area contributed by atoms with Crippen molar-refractivity contribution in [3.05, 3.63) is 29.8 Å². The van der Waals surface area contributed by atoms with Crippen molar-refractivity contribution >= 4 is 47.4 Å². The molecule has 1 saturated carbocycles. The molecule has 0 radical (unpaired) electrons. The molecule has 2 aliphatic rings. The highest BCUT2D eigenvalue weighted by Crippen LogP contribution is 2.28. The standard InChI is InChI=1S/C23H39N5S.HI/c1-19-7-6-8-21(17-19)28-15-13-27(14-16-28)12-5-4-11-25-23(24-2)26-20-9-10-22(18-20)29-3;/h6-8,17,20,22H,4-5,9-16,18H2,1-3H3,(H2,24,25,26);1H. The summed E-state index contributed by atoms with van der Waals surface area (Å²) in [4.78, 5) is 9.54. The van der Waals surface area contributed by atoms with Crippen LogP contribution in [0.5, 0.6) is 0 Å². The van der Waals surface area contributed by atoms with E-state index in [-0.39, 0.29) is 24.0 Å². The fourth-order valence-corrected chi connectivity index (χ4v) is 5.19. The van der Waals surface area contributed by atoms with E-state index in [0.717, 1.165) is 30.8 Å². The van der Waals surface area contributed by atoms with Crippen LogP contribution in [0.3, 0.4) is 0 Å². The molecule has 0 amide bonds. The molecule has 170 valence electrons. The zero-order valence-corrected chi connectivity index (χ0v) is 22.0. The molecule has 7 heteroatoms. The number of hydrogen-bond acceptors (Lipinski definition) is 4. The number of anilines is 1. The zero-order chi connectivity index (χ0) is 20.5. The van der Waals surface area contributed by atoms with Gasteiger partial charge in [-0.2, -0.15) is 11.8 Å². The molecule has 0 bridgehead atoms. The van der Waals surface area contributed by atoms with Gasteiger partial charge in [0.05, 0.1) is 0 Å². The van der Waals surface area contributed by atoms with Gasteiger partial charge in [-0.15, -0.1) is 24.0 Å². The third-order valence-corrected chi connectivity index (χ3v) is 7.31. The average molecular weight is 546 g/mol. The van der Waals surface area contributed by atoms with Crippen LogP contribution in [-0.2, 0) is 0 Å². The number of halogens is 1. The summed E-state index contributed by atoms with van der Waals surface area (Å²) in [5, 5.41) is 7.93. The molecular formula is C23H40IN5S. The van der Waals surface area contributed by atoms with E-state index in [9.17, 15) is 0 Å². The fraction of sp³-hybridized carbons (Fsp3) is 0.696. The second kappa shape index (κ2) is 13.7. The monoisotopic (exact) mass is 545 g/mol. The number of benzene rings is 1. The second-order valence-electron chi connectivity index (χ2n) is 8.39.